The van der Waals surface area contributed by atoms with Gasteiger partial charge in [-0.25, -0.2) is 9.79 Å². The van der Waals surface area contributed by atoms with E-state index in [1.807, 2.05) is 36.4 Å². The van der Waals surface area contributed by atoms with Crippen LogP contribution in [-0.2, 0) is 20.9 Å². The van der Waals surface area contributed by atoms with Crippen molar-refractivity contribution in [2.24, 2.45) is 4.99 Å². The molecule has 0 bridgehead atoms. The Morgan fingerprint density at radius 1 is 1.12 bits per heavy atom. The Bertz CT molecular complexity index is 1280. The maximum absolute atomic E-state index is 12.4. The van der Waals surface area contributed by atoms with Crippen LogP contribution in [0, 0.1) is 3.57 Å². The number of anilines is 1. The average molecular weight is 568 g/mol. The van der Waals surface area contributed by atoms with E-state index in [-0.39, 0.29) is 17.5 Å². The first-order chi connectivity index (χ1) is 16.4. The number of rotatable bonds is 7. The SMILES string of the molecule is COc1cc(/C=C2\N=C(c3ccc(NC(C)=O)cc3)OC2=O)cc(I)c1OCc1ccccc1. The molecule has 7 nitrogen and oxygen atoms in total. The number of carbonyl (C=O) groups excluding carboxylic acids is 2. The van der Waals surface area contributed by atoms with Crippen molar-refractivity contribution in [3.63, 3.8) is 0 Å². The van der Waals surface area contributed by atoms with E-state index in [1.54, 1.807) is 43.5 Å². The maximum atomic E-state index is 12.4. The molecule has 0 fully saturated rings. The van der Waals surface area contributed by atoms with E-state index < -0.39 is 5.97 Å². The standard InChI is InChI=1S/C26H21IN2O5/c1-16(30)28-20-10-8-19(9-11-20)25-29-22(26(31)34-25)13-18-12-21(27)24(23(14-18)32-2)33-15-17-6-4-3-5-7-17/h3-14H,15H2,1-2H3,(H,28,30)/b22-13-. The topological polar surface area (TPSA) is 86.2 Å². The Morgan fingerprint density at radius 3 is 2.53 bits per heavy atom. The molecule has 1 amide bonds. The minimum atomic E-state index is -0.542. The number of methoxy groups -OCH3 is 1. The molecular formula is C26H21IN2O5. The lowest BCUT2D eigenvalue weighted by Gasteiger charge is -2.13. The van der Waals surface area contributed by atoms with Gasteiger partial charge < -0.3 is 19.5 Å². The second kappa shape index (κ2) is 10.5. The van der Waals surface area contributed by atoms with Crippen LogP contribution in [0.15, 0.2) is 77.4 Å². The molecule has 1 N–H and O–H groups in total. The van der Waals surface area contributed by atoms with Gasteiger partial charge in [-0.05, 0) is 76.2 Å². The summed E-state index contributed by atoms with van der Waals surface area (Å²) in [6, 6.07) is 20.4. The summed E-state index contributed by atoms with van der Waals surface area (Å²) in [6.07, 6.45) is 1.65. The molecule has 0 saturated heterocycles. The number of carbonyl (C=O) groups is 2. The fraction of sp³-hybridized carbons (Fsp3) is 0.115. The van der Waals surface area contributed by atoms with Crippen LogP contribution in [0.1, 0.15) is 23.6 Å². The average Bonchev–Trinajstić information content (AvgIpc) is 3.18. The lowest BCUT2D eigenvalue weighted by atomic mass is 10.1. The van der Waals surface area contributed by atoms with Crippen LogP contribution in [-0.4, -0.2) is 24.9 Å². The zero-order chi connectivity index (χ0) is 24.1. The van der Waals surface area contributed by atoms with Crippen LogP contribution < -0.4 is 14.8 Å². The second-order valence-electron chi connectivity index (χ2n) is 7.40. The van der Waals surface area contributed by atoms with Gasteiger partial charge >= 0.3 is 5.97 Å². The number of amides is 1. The first-order valence-corrected chi connectivity index (χ1v) is 11.5. The van der Waals surface area contributed by atoms with E-state index in [2.05, 4.69) is 32.9 Å². The van der Waals surface area contributed by atoms with Gasteiger partial charge in [-0.3, -0.25) is 4.79 Å². The summed E-state index contributed by atoms with van der Waals surface area (Å²) in [7, 11) is 1.57. The van der Waals surface area contributed by atoms with Crippen LogP contribution >= 0.6 is 22.6 Å². The molecule has 0 saturated carbocycles. The molecule has 172 valence electrons. The van der Waals surface area contributed by atoms with E-state index in [4.69, 9.17) is 14.2 Å². The van der Waals surface area contributed by atoms with Crippen LogP contribution in [0.25, 0.3) is 6.08 Å². The highest BCUT2D eigenvalue weighted by Gasteiger charge is 2.24. The minimum absolute atomic E-state index is 0.163. The highest BCUT2D eigenvalue weighted by molar-refractivity contribution is 14.1. The Hall–Kier alpha value is -3.66. The van der Waals surface area contributed by atoms with Crippen molar-refractivity contribution >= 4 is 52.1 Å². The van der Waals surface area contributed by atoms with Gasteiger partial charge in [0.25, 0.3) is 0 Å². The van der Waals surface area contributed by atoms with Gasteiger partial charge in [0.05, 0.1) is 10.7 Å². The molecule has 1 aliphatic rings. The number of nitrogens with one attached hydrogen (secondary N) is 1. The number of cyclic esters (lactones) is 1. The van der Waals surface area contributed by atoms with Gasteiger partial charge in [-0.1, -0.05) is 30.3 Å². The fourth-order valence-electron chi connectivity index (χ4n) is 3.28. The number of hydrogen-bond acceptors (Lipinski definition) is 6. The molecule has 0 unspecified atom stereocenters. The zero-order valence-electron chi connectivity index (χ0n) is 18.5. The summed E-state index contributed by atoms with van der Waals surface area (Å²) < 4.78 is 17.7. The molecule has 1 heterocycles. The Balaban J connectivity index is 1.55. The summed E-state index contributed by atoms with van der Waals surface area (Å²) in [5.74, 6) is 0.684. The number of aliphatic imine (C=N–C) groups is 1. The summed E-state index contributed by atoms with van der Waals surface area (Å²) in [5.41, 5.74) is 3.23. The molecule has 3 aromatic rings. The van der Waals surface area contributed by atoms with Crippen molar-refractivity contribution in [3.8, 4) is 11.5 Å². The van der Waals surface area contributed by atoms with Crippen molar-refractivity contribution in [3.05, 3.63) is 92.7 Å². The summed E-state index contributed by atoms with van der Waals surface area (Å²) in [4.78, 5) is 28.0. The number of hydrogen-bond donors (Lipinski definition) is 1. The number of nitrogens with zero attached hydrogens (tertiary/aromatic N) is 1. The van der Waals surface area contributed by atoms with Gasteiger partial charge in [0.15, 0.2) is 17.2 Å². The molecule has 0 aromatic heterocycles. The summed E-state index contributed by atoms with van der Waals surface area (Å²) >= 11 is 2.18. The number of halogens is 1. The highest BCUT2D eigenvalue weighted by Crippen LogP contribution is 2.35. The lowest BCUT2D eigenvalue weighted by molar-refractivity contribution is -0.129. The van der Waals surface area contributed by atoms with E-state index in [1.165, 1.54) is 6.92 Å². The number of ether oxygens (including phenoxy) is 3. The van der Waals surface area contributed by atoms with Crippen LogP contribution in [0.3, 0.4) is 0 Å². The molecule has 0 aliphatic carbocycles. The molecule has 0 atom stereocenters. The monoisotopic (exact) mass is 568 g/mol. The minimum Gasteiger partial charge on any atom is -0.493 e. The van der Waals surface area contributed by atoms with Crippen molar-refractivity contribution in [1.29, 1.82) is 0 Å². The third-order valence-corrected chi connectivity index (χ3v) is 5.66. The number of benzene rings is 3. The smallest absolute Gasteiger partial charge is 0.363 e. The van der Waals surface area contributed by atoms with Gasteiger partial charge in [0.1, 0.15) is 6.61 Å². The Labute approximate surface area is 210 Å². The Kier molecular flexibility index (Phi) is 7.27. The maximum Gasteiger partial charge on any atom is 0.363 e. The molecule has 0 spiro atoms. The van der Waals surface area contributed by atoms with E-state index in [0.717, 1.165) is 14.7 Å². The van der Waals surface area contributed by atoms with Gasteiger partial charge in [-0.15, -0.1) is 0 Å². The van der Waals surface area contributed by atoms with E-state index >= 15 is 0 Å². The van der Waals surface area contributed by atoms with Crippen LogP contribution in [0.5, 0.6) is 11.5 Å². The number of esters is 1. The summed E-state index contributed by atoms with van der Waals surface area (Å²) in [6.45, 7) is 1.85. The molecule has 4 rings (SSSR count). The second-order valence-corrected chi connectivity index (χ2v) is 8.57. The van der Waals surface area contributed by atoms with E-state index in [0.29, 0.717) is 29.4 Å². The Morgan fingerprint density at radius 2 is 1.85 bits per heavy atom. The molecule has 3 aromatic carbocycles. The van der Waals surface area contributed by atoms with E-state index in [9.17, 15) is 9.59 Å². The van der Waals surface area contributed by atoms with Crippen molar-refractivity contribution in [2.75, 3.05) is 12.4 Å². The zero-order valence-corrected chi connectivity index (χ0v) is 20.7. The summed E-state index contributed by atoms with van der Waals surface area (Å²) in [5, 5.41) is 2.69. The predicted octanol–water partition coefficient (Wildman–Crippen LogP) is 5.18. The first kappa shape index (κ1) is 23.5. The van der Waals surface area contributed by atoms with Crippen LogP contribution in [0.4, 0.5) is 5.69 Å². The first-order valence-electron chi connectivity index (χ1n) is 10.4. The molecule has 34 heavy (non-hydrogen) atoms. The van der Waals surface area contributed by atoms with Gasteiger partial charge in [0.2, 0.25) is 11.8 Å². The largest absolute Gasteiger partial charge is 0.493 e. The molecule has 1 aliphatic heterocycles. The normalized spacial score (nSPS) is 13.9. The molecular weight excluding hydrogens is 547 g/mol. The van der Waals surface area contributed by atoms with Crippen LogP contribution in [0.2, 0.25) is 0 Å². The van der Waals surface area contributed by atoms with Crippen molar-refractivity contribution in [2.45, 2.75) is 13.5 Å². The van der Waals surface area contributed by atoms with Gasteiger partial charge in [-0.2, -0.15) is 0 Å². The third kappa shape index (κ3) is 5.63. The van der Waals surface area contributed by atoms with Gasteiger partial charge in [0, 0.05) is 18.2 Å². The lowest BCUT2D eigenvalue weighted by Crippen LogP contribution is -2.07. The molecule has 0 radical (unpaired) electrons. The highest BCUT2D eigenvalue weighted by atomic mass is 127. The third-order valence-electron chi connectivity index (χ3n) is 4.85. The fourth-order valence-corrected chi connectivity index (χ4v) is 4.06. The predicted molar refractivity (Wildman–Crippen MR) is 138 cm³/mol. The van der Waals surface area contributed by atoms with Crippen molar-refractivity contribution in [1.82, 2.24) is 0 Å². The van der Waals surface area contributed by atoms with Crippen molar-refractivity contribution < 1.29 is 23.8 Å². The quantitative estimate of drug-likeness (QED) is 0.241. The molecule has 8 heteroatoms.